The van der Waals surface area contributed by atoms with Gasteiger partial charge in [-0.2, -0.15) is 0 Å². The maximum atomic E-state index is 5.57. The van der Waals surface area contributed by atoms with Gasteiger partial charge in [0.25, 0.3) is 0 Å². The van der Waals surface area contributed by atoms with Gasteiger partial charge >= 0.3 is 0 Å². The quantitative estimate of drug-likeness (QED) is 0.566. The lowest BCUT2D eigenvalue weighted by Crippen LogP contribution is -2.11. The van der Waals surface area contributed by atoms with Crippen molar-refractivity contribution in [1.29, 1.82) is 0 Å². The molecule has 1 rings (SSSR count). The van der Waals surface area contributed by atoms with Gasteiger partial charge in [-0.15, -0.1) is 0 Å². The van der Waals surface area contributed by atoms with Gasteiger partial charge in [0.15, 0.2) is 0 Å². The standard InChI is InChI=1S/C13H18Br3NO/c1-9(2)3-5-18-6-4-17-13-11(15)7-10(14)8-12(13)16/h7-9,17H,3-6H2,1-2H3. The number of benzene rings is 1. The van der Waals surface area contributed by atoms with Crippen molar-refractivity contribution < 1.29 is 4.74 Å². The van der Waals surface area contributed by atoms with Gasteiger partial charge in [0.2, 0.25) is 0 Å². The van der Waals surface area contributed by atoms with Gasteiger partial charge in [-0.3, -0.25) is 0 Å². The highest BCUT2D eigenvalue weighted by molar-refractivity contribution is 9.11. The van der Waals surface area contributed by atoms with Crippen molar-refractivity contribution in [1.82, 2.24) is 0 Å². The Hall–Kier alpha value is 0.420. The Labute approximate surface area is 134 Å². The van der Waals surface area contributed by atoms with Crippen molar-refractivity contribution >= 4 is 53.5 Å². The normalized spacial score (nSPS) is 11.0. The Balaban J connectivity index is 2.31. The molecule has 1 N–H and O–H groups in total. The molecule has 0 saturated heterocycles. The second kappa shape index (κ2) is 8.56. The predicted octanol–water partition coefficient (Wildman–Crippen LogP) is 5.45. The number of ether oxygens (including phenoxy) is 1. The van der Waals surface area contributed by atoms with Crippen LogP contribution in [0.1, 0.15) is 20.3 Å². The van der Waals surface area contributed by atoms with Gasteiger partial charge in [0, 0.05) is 26.6 Å². The first-order valence-corrected chi connectivity index (χ1v) is 8.34. The molecule has 0 aromatic heterocycles. The lowest BCUT2D eigenvalue weighted by atomic mass is 10.1. The van der Waals surface area contributed by atoms with Crippen molar-refractivity contribution in [2.75, 3.05) is 25.1 Å². The van der Waals surface area contributed by atoms with Crippen LogP contribution in [0, 0.1) is 5.92 Å². The van der Waals surface area contributed by atoms with Crippen LogP contribution in [0.15, 0.2) is 25.6 Å². The molecule has 0 aliphatic rings. The van der Waals surface area contributed by atoms with E-state index in [2.05, 4.69) is 67.0 Å². The third-order valence-electron chi connectivity index (χ3n) is 2.39. The molecule has 18 heavy (non-hydrogen) atoms. The number of anilines is 1. The molecular formula is C13H18Br3NO. The van der Waals surface area contributed by atoms with E-state index < -0.39 is 0 Å². The number of hydrogen-bond acceptors (Lipinski definition) is 2. The van der Waals surface area contributed by atoms with Crippen LogP contribution >= 0.6 is 47.8 Å². The summed E-state index contributed by atoms with van der Waals surface area (Å²) in [6.45, 7) is 6.77. The summed E-state index contributed by atoms with van der Waals surface area (Å²) in [5.41, 5.74) is 1.06. The highest BCUT2D eigenvalue weighted by Gasteiger charge is 2.05. The van der Waals surface area contributed by atoms with Crippen LogP contribution in [0.3, 0.4) is 0 Å². The highest BCUT2D eigenvalue weighted by Crippen LogP contribution is 2.34. The van der Waals surface area contributed by atoms with Crippen molar-refractivity contribution in [3.8, 4) is 0 Å². The Morgan fingerprint density at radius 1 is 1.11 bits per heavy atom. The third-order valence-corrected chi connectivity index (χ3v) is 4.10. The second-order valence-electron chi connectivity index (χ2n) is 4.47. The molecule has 0 bridgehead atoms. The van der Waals surface area contributed by atoms with Crippen LogP contribution < -0.4 is 5.32 Å². The van der Waals surface area contributed by atoms with Crippen molar-refractivity contribution in [2.24, 2.45) is 5.92 Å². The first kappa shape index (κ1) is 16.5. The molecule has 0 saturated carbocycles. The minimum atomic E-state index is 0.702. The van der Waals surface area contributed by atoms with Crippen LogP contribution in [0.5, 0.6) is 0 Å². The molecule has 0 unspecified atom stereocenters. The Morgan fingerprint density at radius 3 is 2.28 bits per heavy atom. The van der Waals surface area contributed by atoms with E-state index in [1.54, 1.807) is 0 Å². The molecule has 0 radical (unpaired) electrons. The smallest absolute Gasteiger partial charge is 0.0639 e. The summed E-state index contributed by atoms with van der Waals surface area (Å²) in [6, 6.07) is 4.04. The molecule has 2 nitrogen and oxygen atoms in total. The third kappa shape index (κ3) is 6.04. The average Bonchev–Trinajstić information content (AvgIpc) is 2.25. The summed E-state index contributed by atoms with van der Waals surface area (Å²) in [5, 5.41) is 3.36. The van der Waals surface area contributed by atoms with Crippen LogP contribution in [0.25, 0.3) is 0 Å². The largest absolute Gasteiger partial charge is 0.381 e. The lowest BCUT2D eigenvalue weighted by molar-refractivity contribution is 0.132. The fraction of sp³-hybridized carbons (Fsp3) is 0.538. The maximum Gasteiger partial charge on any atom is 0.0639 e. The lowest BCUT2D eigenvalue weighted by Gasteiger charge is -2.12. The Bertz CT molecular complexity index is 359. The summed E-state index contributed by atoms with van der Waals surface area (Å²) < 4.78 is 8.68. The van der Waals surface area contributed by atoms with E-state index in [4.69, 9.17) is 4.74 Å². The zero-order chi connectivity index (χ0) is 13.5. The van der Waals surface area contributed by atoms with E-state index in [1.165, 1.54) is 0 Å². The molecule has 0 aliphatic carbocycles. The number of rotatable bonds is 7. The van der Waals surface area contributed by atoms with E-state index in [1.807, 2.05) is 12.1 Å². The minimum absolute atomic E-state index is 0.702. The number of nitrogens with one attached hydrogen (secondary N) is 1. The van der Waals surface area contributed by atoms with Crippen molar-refractivity contribution in [3.05, 3.63) is 25.6 Å². The second-order valence-corrected chi connectivity index (χ2v) is 7.09. The molecule has 0 spiro atoms. The molecule has 102 valence electrons. The van der Waals surface area contributed by atoms with Gasteiger partial charge in [0.05, 0.1) is 12.3 Å². The van der Waals surface area contributed by atoms with Crippen LogP contribution in [-0.2, 0) is 4.74 Å². The van der Waals surface area contributed by atoms with Gasteiger partial charge in [-0.05, 0) is 56.3 Å². The first-order chi connectivity index (χ1) is 8.50. The fourth-order valence-corrected chi connectivity index (χ4v) is 3.92. The molecule has 1 aromatic carbocycles. The zero-order valence-electron chi connectivity index (χ0n) is 10.6. The van der Waals surface area contributed by atoms with Crippen molar-refractivity contribution in [2.45, 2.75) is 20.3 Å². The molecule has 1 aromatic rings. The molecule has 5 heteroatoms. The van der Waals surface area contributed by atoms with Crippen LogP contribution in [0.2, 0.25) is 0 Å². The van der Waals surface area contributed by atoms with Gasteiger partial charge in [-0.1, -0.05) is 29.8 Å². The maximum absolute atomic E-state index is 5.57. The Morgan fingerprint density at radius 2 is 1.72 bits per heavy atom. The Kier molecular flexibility index (Phi) is 7.84. The van der Waals surface area contributed by atoms with Gasteiger partial charge < -0.3 is 10.1 Å². The van der Waals surface area contributed by atoms with E-state index in [0.29, 0.717) is 5.92 Å². The van der Waals surface area contributed by atoms with E-state index in [0.717, 1.165) is 45.3 Å². The summed E-state index contributed by atoms with van der Waals surface area (Å²) >= 11 is 10.5. The monoisotopic (exact) mass is 441 g/mol. The SMILES string of the molecule is CC(C)CCOCCNc1c(Br)cc(Br)cc1Br. The number of hydrogen-bond donors (Lipinski definition) is 1. The molecule has 0 heterocycles. The van der Waals surface area contributed by atoms with E-state index in [-0.39, 0.29) is 0 Å². The first-order valence-electron chi connectivity index (χ1n) is 5.97. The molecule has 0 aliphatic heterocycles. The minimum Gasteiger partial charge on any atom is -0.381 e. The summed E-state index contributed by atoms with van der Waals surface area (Å²) in [6.07, 6.45) is 1.12. The zero-order valence-corrected chi connectivity index (χ0v) is 15.4. The average molecular weight is 444 g/mol. The summed E-state index contributed by atoms with van der Waals surface area (Å²) in [7, 11) is 0. The molecule has 0 amide bonds. The van der Waals surface area contributed by atoms with Crippen LogP contribution in [-0.4, -0.2) is 19.8 Å². The molecule has 0 atom stereocenters. The van der Waals surface area contributed by atoms with Gasteiger partial charge in [0.1, 0.15) is 0 Å². The summed E-state index contributed by atoms with van der Waals surface area (Å²) in [4.78, 5) is 0. The molecular weight excluding hydrogens is 426 g/mol. The number of halogens is 3. The van der Waals surface area contributed by atoms with Crippen molar-refractivity contribution in [3.63, 3.8) is 0 Å². The van der Waals surface area contributed by atoms with Gasteiger partial charge in [-0.25, -0.2) is 0 Å². The van der Waals surface area contributed by atoms with E-state index in [9.17, 15) is 0 Å². The molecule has 0 fully saturated rings. The van der Waals surface area contributed by atoms with E-state index >= 15 is 0 Å². The fourth-order valence-electron chi connectivity index (χ4n) is 1.38. The predicted molar refractivity (Wildman–Crippen MR) is 88.3 cm³/mol. The topological polar surface area (TPSA) is 21.3 Å². The summed E-state index contributed by atoms with van der Waals surface area (Å²) in [5.74, 6) is 0.702. The highest BCUT2D eigenvalue weighted by atomic mass is 79.9. The van der Waals surface area contributed by atoms with Crippen LogP contribution in [0.4, 0.5) is 5.69 Å².